The van der Waals surface area contributed by atoms with Crippen molar-refractivity contribution in [2.45, 2.75) is 0 Å². The van der Waals surface area contributed by atoms with E-state index in [4.69, 9.17) is 0 Å². The van der Waals surface area contributed by atoms with Gasteiger partial charge in [0.1, 0.15) is 0 Å². The summed E-state index contributed by atoms with van der Waals surface area (Å²) in [6.07, 6.45) is 0. The Morgan fingerprint density at radius 3 is 1.00 bits per heavy atom. The molecule has 0 fully saturated rings. The second-order valence-electron chi connectivity index (χ2n) is 0. The van der Waals surface area contributed by atoms with E-state index in [0.717, 1.165) is 0 Å². The van der Waals surface area contributed by atoms with Crippen molar-refractivity contribution in [3.63, 3.8) is 0 Å². The van der Waals surface area contributed by atoms with Crippen molar-refractivity contribution < 1.29 is 111 Å². The zero-order valence-corrected chi connectivity index (χ0v) is 10.8. The average Bonchev–Trinajstić information content (AvgIpc) is 0. The van der Waals surface area contributed by atoms with Gasteiger partial charge in [0.25, 0.3) is 0 Å². The monoisotopic (exact) mass is 387 g/mol. The fourth-order valence-electron chi connectivity index (χ4n) is 0. The third kappa shape index (κ3) is 9.16. The Morgan fingerprint density at radius 1 is 1.00 bits per heavy atom. The standard InChI is InChI=1S/Mo.Nd.Ni.Y. The van der Waals surface area contributed by atoms with Crippen LogP contribution in [0.3, 0.4) is 0 Å². The van der Waals surface area contributed by atoms with Crippen LogP contribution in [0, 0.1) is 40.8 Å². The fourth-order valence-corrected chi connectivity index (χ4v) is 0. The van der Waals surface area contributed by atoms with Crippen LogP contribution in [-0.4, -0.2) is 0 Å². The van der Waals surface area contributed by atoms with E-state index in [2.05, 4.69) is 0 Å². The Kier molecular flexibility index (Phi) is 101. The first kappa shape index (κ1) is 25.4. The first-order chi connectivity index (χ1) is 0. The fraction of sp³-hybridized carbons (Fsp3) is 0. The molecule has 0 nitrogen and oxygen atoms in total. The molecule has 0 saturated carbocycles. The summed E-state index contributed by atoms with van der Waals surface area (Å²) in [5, 5.41) is 0. The molecule has 4 heavy (non-hydrogen) atoms. The SMILES string of the molecule is [Mo].[Nd].[Ni].[Y]. The van der Waals surface area contributed by atoms with Gasteiger partial charge in [0.2, 0.25) is 0 Å². The minimum atomic E-state index is 0. The van der Waals surface area contributed by atoms with Crippen molar-refractivity contribution in [1.29, 1.82) is 0 Å². The normalized spacial score (nSPS) is 0. The quantitative estimate of drug-likeness (QED) is 0.513. The van der Waals surface area contributed by atoms with E-state index >= 15 is 0 Å². The molecule has 1 radical (unpaired) electrons. The molecule has 4 heteroatoms. The smallest absolute Gasteiger partial charge is 0 e. The second-order valence-corrected chi connectivity index (χ2v) is 0. The van der Waals surface area contributed by atoms with Crippen molar-refractivity contribution in [2.75, 3.05) is 0 Å². The van der Waals surface area contributed by atoms with E-state index in [-0.39, 0.29) is 111 Å². The molecule has 0 atom stereocenters. The van der Waals surface area contributed by atoms with Gasteiger partial charge in [-0.15, -0.1) is 0 Å². The van der Waals surface area contributed by atoms with E-state index in [1.54, 1.807) is 0 Å². The molecular formula is MoNdNiY. The summed E-state index contributed by atoms with van der Waals surface area (Å²) in [5.74, 6) is 0. The third-order valence-corrected chi connectivity index (χ3v) is 0. The number of rotatable bonds is 0. The van der Waals surface area contributed by atoms with Crippen molar-refractivity contribution in [3.05, 3.63) is 0 Å². The zero-order valence-electron chi connectivity index (χ0n) is 1.80. The summed E-state index contributed by atoms with van der Waals surface area (Å²) < 4.78 is 0. The van der Waals surface area contributed by atoms with Crippen LogP contribution in [0.2, 0.25) is 0 Å². The van der Waals surface area contributed by atoms with Crippen molar-refractivity contribution in [2.24, 2.45) is 0 Å². The van der Waals surface area contributed by atoms with Gasteiger partial charge in [-0.3, -0.25) is 0 Å². The first-order valence-electron chi connectivity index (χ1n) is 0. The van der Waals surface area contributed by atoms with Crippen LogP contribution in [-0.2, 0) is 70.3 Å². The molecule has 0 aromatic carbocycles. The maximum atomic E-state index is 0. The van der Waals surface area contributed by atoms with E-state index in [1.807, 2.05) is 0 Å². The Balaban J connectivity index is 0. The summed E-state index contributed by atoms with van der Waals surface area (Å²) in [5.41, 5.74) is 0. The maximum absolute atomic E-state index is 0. The molecule has 0 aliphatic carbocycles. The van der Waals surface area contributed by atoms with Gasteiger partial charge in [0.15, 0.2) is 0 Å². The molecule has 0 rings (SSSR count). The molecule has 0 aromatic heterocycles. The third-order valence-electron chi connectivity index (χ3n) is 0. The van der Waals surface area contributed by atoms with E-state index in [0.29, 0.717) is 0 Å². The Morgan fingerprint density at radius 2 is 1.00 bits per heavy atom. The van der Waals surface area contributed by atoms with Gasteiger partial charge in [-0.25, -0.2) is 0 Å². The molecule has 23 valence electrons. The molecule has 0 amide bonds. The van der Waals surface area contributed by atoms with Crippen molar-refractivity contribution in [3.8, 4) is 0 Å². The zero-order chi connectivity index (χ0) is 0. The molecule has 0 N–H and O–H groups in total. The van der Waals surface area contributed by atoms with Crippen LogP contribution in [0.15, 0.2) is 0 Å². The van der Waals surface area contributed by atoms with Crippen molar-refractivity contribution >= 4 is 0 Å². The van der Waals surface area contributed by atoms with Crippen LogP contribution in [0.1, 0.15) is 0 Å². The summed E-state index contributed by atoms with van der Waals surface area (Å²) >= 11 is 0. The first-order valence-corrected chi connectivity index (χ1v) is 0. The van der Waals surface area contributed by atoms with Crippen molar-refractivity contribution in [1.82, 2.24) is 0 Å². The predicted octanol–water partition coefficient (Wildman–Crippen LogP) is -0.00750. The van der Waals surface area contributed by atoms with E-state index < -0.39 is 0 Å². The summed E-state index contributed by atoms with van der Waals surface area (Å²) in [7, 11) is 0. The second kappa shape index (κ2) is 15.9. The van der Waals surface area contributed by atoms with Crippen LogP contribution in [0.25, 0.3) is 0 Å². The van der Waals surface area contributed by atoms with Crippen LogP contribution in [0.4, 0.5) is 0 Å². The van der Waals surface area contributed by atoms with Gasteiger partial charge in [-0.1, -0.05) is 0 Å². The molecule has 0 bridgehead atoms. The van der Waals surface area contributed by atoms with Crippen LogP contribution < -0.4 is 0 Å². The summed E-state index contributed by atoms with van der Waals surface area (Å²) in [6, 6.07) is 0. The molecule has 0 saturated heterocycles. The van der Waals surface area contributed by atoms with Gasteiger partial charge in [-0.2, -0.15) is 0 Å². The van der Waals surface area contributed by atoms with E-state index in [1.165, 1.54) is 0 Å². The van der Waals surface area contributed by atoms with Crippen LogP contribution >= 0.6 is 0 Å². The molecule has 0 heterocycles. The Bertz CT molecular complexity index is 8.00. The largest absolute Gasteiger partial charge is 0 e. The predicted molar refractivity (Wildman–Crippen MR) is 0 cm³/mol. The minimum Gasteiger partial charge on any atom is 0 e. The minimum absolute atomic E-state index is 0. The maximum Gasteiger partial charge on any atom is 0 e. The van der Waals surface area contributed by atoms with Gasteiger partial charge in [0, 0.05) is 111 Å². The summed E-state index contributed by atoms with van der Waals surface area (Å²) in [6.45, 7) is 0. The molecule has 0 aliphatic rings. The van der Waals surface area contributed by atoms with E-state index in [9.17, 15) is 0 Å². The number of hydrogen-bond acceptors (Lipinski definition) is 0. The molecule has 0 aliphatic heterocycles. The average molecular weight is 388 g/mol. The molecular weight excluding hydrogens is 388 g/mol. The molecule has 0 aromatic rings. The molecule has 0 unspecified atom stereocenters. The number of hydrogen-bond donors (Lipinski definition) is 0. The summed E-state index contributed by atoms with van der Waals surface area (Å²) in [4.78, 5) is 0. The van der Waals surface area contributed by atoms with Gasteiger partial charge >= 0.3 is 0 Å². The molecule has 0 spiro atoms. The Hall–Kier alpha value is 3.64. The van der Waals surface area contributed by atoms with Gasteiger partial charge in [-0.05, 0) is 0 Å². The van der Waals surface area contributed by atoms with Crippen LogP contribution in [0.5, 0.6) is 0 Å². The van der Waals surface area contributed by atoms with Gasteiger partial charge in [0.05, 0.1) is 0 Å². The Labute approximate surface area is 108 Å². The topological polar surface area (TPSA) is 0 Å². The van der Waals surface area contributed by atoms with Gasteiger partial charge < -0.3 is 0 Å².